The number of rotatable bonds is 5. The minimum atomic E-state index is -0.0181. The van der Waals surface area contributed by atoms with E-state index in [4.69, 9.17) is 11.5 Å². The lowest BCUT2D eigenvalue weighted by atomic mass is 10.0. The van der Waals surface area contributed by atoms with E-state index in [1.54, 1.807) is 6.20 Å². The first-order valence-electron chi connectivity index (χ1n) is 9.47. The number of aryl methyl sites for hydroxylation is 1. The van der Waals surface area contributed by atoms with Gasteiger partial charge in [-0.2, -0.15) is 0 Å². The maximum atomic E-state index is 6.22. The topological polar surface area (TPSA) is 130 Å². The van der Waals surface area contributed by atoms with E-state index in [1.807, 2.05) is 49.6 Å². The first-order valence-corrected chi connectivity index (χ1v) is 9.47. The molecule has 1 aliphatic rings. The van der Waals surface area contributed by atoms with Crippen LogP contribution in [-0.4, -0.2) is 27.0 Å². The Balaban J connectivity index is 1.68. The molecule has 3 aromatic rings. The van der Waals surface area contributed by atoms with Crippen LogP contribution in [-0.2, 0) is 0 Å². The van der Waals surface area contributed by atoms with Crippen molar-refractivity contribution in [1.29, 1.82) is 0 Å². The minimum absolute atomic E-state index is 0.0181. The van der Waals surface area contributed by atoms with Gasteiger partial charge in [-0.15, -0.1) is 5.53 Å². The predicted molar refractivity (Wildman–Crippen MR) is 115 cm³/mol. The lowest BCUT2D eigenvalue weighted by Crippen LogP contribution is -2.33. The molecule has 3 aromatic heterocycles. The number of anilines is 3. The van der Waals surface area contributed by atoms with Crippen molar-refractivity contribution in [2.75, 3.05) is 18.1 Å². The lowest BCUT2D eigenvalue weighted by Gasteiger charge is -2.16. The molecule has 0 saturated heterocycles. The van der Waals surface area contributed by atoms with Crippen molar-refractivity contribution in [2.45, 2.75) is 26.3 Å². The molecule has 29 heavy (non-hydrogen) atoms. The fraction of sp³-hybridized carbons (Fsp3) is 0.250. The summed E-state index contributed by atoms with van der Waals surface area (Å²) in [6.45, 7) is 4.09. The summed E-state index contributed by atoms with van der Waals surface area (Å²) in [4.78, 5) is 13.4. The molecule has 4 rings (SSSR count). The van der Waals surface area contributed by atoms with Gasteiger partial charge < -0.3 is 22.2 Å². The molecule has 0 radical (unpaired) electrons. The number of pyridine rings is 3. The Morgan fingerprint density at radius 1 is 1.17 bits per heavy atom. The highest BCUT2D eigenvalue weighted by Crippen LogP contribution is 2.28. The third-order valence-corrected chi connectivity index (χ3v) is 5.05. The maximum Gasteiger partial charge on any atom is 0.133 e. The van der Waals surface area contributed by atoms with Gasteiger partial charge in [0.25, 0.3) is 0 Å². The van der Waals surface area contributed by atoms with Crippen LogP contribution >= 0.6 is 0 Å². The third kappa shape index (κ3) is 3.65. The number of hydrazine groups is 2. The summed E-state index contributed by atoms with van der Waals surface area (Å²) in [6.07, 6.45) is 6.25. The monoisotopic (exact) mass is 391 g/mol. The molecule has 0 spiro atoms. The van der Waals surface area contributed by atoms with Crippen LogP contribution in [0.4, 0.5) is 17.5 Å². The highest BCUT2D eigenvalue weighted by molar-refractivity contribution is 5.93. The average Bonchev–Trinajstić information content (AvgIpc) is 3.14. The first kappa shape index (κ1) is 18.9. The van der Waals surface area contributed by atoms with Crippen LogP contribution in [0.2, 0.25) is 0 Å². The number of hydrogen-bond acceptors (Lipinski definition) is 9. The minimum Gasteiger partial charge on any atom is -0.383 e. The molecule has 0 unspecified atom stereocenters. The van der Waals surface area contributed by atoms with Crippen molar-refractivity contribution in [3.63, 3.8) is 0 Å². The van der Waals surface area contributed by atoms with Crippen molar-refractivity contribution in [3.05, 3.63) is 53.6 Å². The van der Waals surface area contributed by atoms with E-state index in [0.29, 0.717) is 17.5 Å². The van der Waals surface area contributed by atoms with Gasteiger partial charge in [0.1, 0.15) is 17.5 Å². The number of nitrogen functional groups attached to an aromatic ring is 1. The summed E-state index contributed by atoms with van der Waals surface area (Å²) in [5.41, 5.74) is 22.1. The second-order valence-corrected chi connectivity index (χ2v) is 7.09. The average molecular weight is 391 g/mol. The summed E-state index contributed by atoms with van der Waals surface area (Å²) in [5, 5.41) is 6.84. The Kier molecular flexibility index (Phi) is 4.91. The molecule has 0 amide bonds. The summed E-state index contributed by atoms with van der Waals surface area (Å²) >= 11 is 0. The van der Waals surface area contributed by atoms with Crippen molar-refractivity contribution >= 4 is 33.9 Å². The Labute approximate surface area is 169 Å². The van der Waals surface area contributed by atoms with Crippen LogP contribution in [0.25, 0.3) is 16.5 Å². The zero-order valence-corrected chi connectivity index (χ0v) is 16.7. The summed E-state index contributed by atoms with van der Waals surface area (Å²) < 4.78 is 0. The number of nitrogens with one attached hydrogen (secondary N) is 3. The molecule has 9 heteroatoms. The van der Waals surface area contributed by atoms with Gasteiger partial charge in [-0.1, -0.05) is 6.92 Å². The van der Waals surface area contributed by atoms with E-state index in [2.05, 4.69) is 38.2 Å². The molecular weight excluding hydrogens is 366 g/mol. The van der Waals surface area contributed by atoms with Crippen molar-refractivity contribution < 1.29 is 0 Å². The molecule has 0 fully saturated rings. The fourth-order valence-electron chi connectivity index (χ4n) is 3.33. The van der Waals surface area contributed by atoms with Gasteiger partial charge in [0.15, 0.2) is 0 Å². The number of aromatic nitrogens is 3. The Bertz CT molecular complexity index is 1090. The summed E-state index contributed by atoms with van der Waals surface area (Å²) in [6, 6.07) is 5.89. The van der Waals surface area contributed by atoms with Crippen LogP contribution < -0.4 is 27.7 Å². The molecule has 9 nitrogen and oxygen atoms in total. The largest absolute Gasteiger partial charge is 0.383 e. The third-order valence-electron chi connectivity index (χ3n) is 5.05. The molecule has 1 aliphatic heterocycles. The standard InChI is InChI=1S/C20H25N9/c1-4-15(21)13-7-19(23-8-11(13)2)27-18-6-12-5-16(17-10-25-28-29(17)3)26-20(22)14(12)9-24-18/h5-10,15,25,28H,4,21H2,1-3H3,(H2,22,26)(H,23,24,27)/t15-/m0/s1. The van der Waals surface area contributed by atoms with Gasteiger partial charge in [0, 0.05) is 37.1 Å². The molecule has 0 bridgehead atoms. The molecule has 0 saturated carbocycles. The van der Waals surface area contributed by atoms with Crippen molar-refractivity contribution in [1.82, 2.24) is 30.9 Å². The first-order chi connectivity index (χ1) is 14.0. The van der Waals surface area contributed by atoms with Gasteiger partial charge in [0.2, 0.25) is 0 Å². The molecule has 0 aliphatic carbocycles. The van der Waals surface area contributed by atoms with E-state index in [-0.39, 0.29) is 6.04 Å². The Morgan fingerprint density at radius 3 is 2.66 bits per heavy atom. The number of hydrogen-bond donors (Lipinski definition) is 5. The van der Waals surface area contributed by atoms with Gasteiger partial charge in [-0.3, -0.25) is 5.01 Å². The second kappa shape index (κ2) is 7.53. The molecule has 4 heterocycles. The van der Waals surface area contributed by atoms with Gasteiger partial charge in [-0.05, 0) is 48.1 Å². The lowest BCUT2D eigenvalue weighted by molar-refractivity contribution is 0.343. The van der Waals surface area contributed by atoms with Crippen LogP contribution in [0.5, 0.6) is 0 Å². The SMILES string of the molecule is CC[C@H](N)c1cc(Nc2cc3cc(C4=CNNN4C)nc(N)c3cn2)ncc1C. The van der Waals surface area contributed by atoms with E-state index < -0.39 is 0 Å². The molecule has 0 aromatic carbocycles. The second-order valence-electron chi connectivity index (χ2n) is 7.09. The number of fused-ring (bicyclic) bond motifs is 1. The van der Waals surface area contributed by atoms with E-state index in [9.17, 15) is 0 Å². The Morgan fingerprint density at radius 2 is 1.93 bits per heavy atom. The molecule has 1 atom stereocenters. The Hall–Kier alpha value is -3.43. The summed E-state index contributed by atoms with van der Waals surface area (Å²) in [5.74, 6) is 1.81. The van der Waals surface area contributed by atoms with Gasteiger partial charge in [0.05, 0.1) is 11.4 Å². The number of nitrogens with zero attached hydrogens (tertiary/aromatic N) is 4. The highest BCUT2D eigenvalue weighted by Gasteiger charge is 2.16. The van der Waals surface area contributed by atoms with Gasteiger partial charge >= 0.3 is 0 Å². The number of nitrogens with two attached hydrogens (primary N) is 2. The smallest absolute Gasteiger partial charge is 0.133 e. The van der Waals surface area contributed by atoms with Gasteiger partial charge in [-0.25, -0.2) is 15.0 Å². The normalized spacial score (nSPS) is 14.6. The quantitative estimate of drug-likeness (QED) is 0.445. The van der Waals surface area contributed by atoms with Crippen LogP contribution in [0, 0.1) is 6.92 Å². The molecule has 7 N–H and O–H groups in total. The molecular formula is C20H25N9. The van der Waals surface area contributed by atoms with E-state index in [0.717, 1.165) is 39.7 Å². The van der Waals surface area contributed by atoms with E-state index >= 15 is 0 Å². The van der Waals surface area contributed by atoms with Crippen LogP contribution in [0.15, 0.2) is 36.8 Å². The highest BCUT2D eigenvalue weighted by atomic mass is 15.7. The van der Waals surface area contributed by atoms with Crippen LogP contribution in [0.1, 0.15) is 36.2 Å². The van der Waals surface area contributed by atoms with Crippen LogP contribution in [0.3, 0.4) is 0 Å². The van der Waals surface area contributed by atoms with Crippen molar-refractivity contribution in [2.24, 2.45) is 5.73 Å². The zero-order valence-electron chi connectivity index (χ0n) is 16.7. The maximum absolute atomic E-state index is 6.22. The van der Waals surface area contributed by atoms with Crippen molar-refractivity contribution in [3.8, 4) is 0 Å². The summed E-state index contributed by atoms with van der Waals surface area (Å²) in [7, 11) is 1.90. The van der Waals surface area contributed by atoms with E-state index in [1.165, 1.54) is 0 Å². The molecule has 150 valence electrons. The predicted octanol–water partition coefficient (Wildman–Crippen LogP) is 2.32. The zero-order chi connectivity index (χ0) is 20.5. The fourth-order valence-corrected chi connectivity index (χ4v) is 3.33.